The lowest BCUT2D eigenvalue weighted by atomic mass is 10.1. The minimum atomic E-state index is -0.485. The van der Waals surface area contributed by atoms with Crippen molar-refractivity contribution in [1.82, 2.24) is 4.98 Å². The van der Waals surface area contributed by atoms with Crippen LogP contribution in [0.2, 0.25) is 0 Å². The Kier molecular flexibility index (Phi) is 3.47. The van der Waals surface area contributed by atoms with Gasteiger partial charge in [-0.1, -0.05) is 23.5 Å². The van der Waals surface area contributed by atoms with Gasteiger partial charge in [0.1, 0.15) is 0 Å². The van der Waals surface area contributed by atoms with Crippen molar-refractivity contribution in [2.75, 3.05) is 12.2 Å². The van der Waals surface area contributed by atoms with Crippen molar-refractivity contribution in [3.05, 3.63) is 52.1 Å². The third-order valence-electron chi connectivity index (χ3n) is 3.38. The highest BCUT2D eigenvalue weighted by Crippen LogP contribution is 2.37. The number of hydrogen-bond donors (Lipinski definition) is 1. The van der Waals surface area contributed by atoms with Crippen LogP contribution in [0.4, 0.5) is 10.8 Å². The van der Waals surface area contributed by atoms with Gasteiger partial charge in [-0.2, -0.15) is 5.10 Å². The largest absolute Gasteiger partial charge is 0.454 e. The number of nitro groups is 1. The molecule has 9 heteroatoms. The Morgan fingerprint density at radius 2 is 2.08 bits per heavy atom. The highest BCUT2D eigenvalue weighted by molar-refractivity contribution is 7.22. The van der Waals surface area contributed by atoms with Gasteiger partial charge >= 0.3 is 0 Å². The second kappa shape index (κ2) is 5.78. The summed E-state index contributed by atoms with van der Waals surface area (Å²) >= 11 is 1.45. The number of benzene rings is 2. The molecule has 1 N–H and O–H groups in total. The van der Waals surface area contributed by atoms with E-state index in [0.717, 1.165) is 10.2 Å². The Bertz CT molecular complexity index is 936. The van der Waals surface area contributed by atoms with Crippen LogP contribution >= 0.6 is 11.3 Å². The molecule has 0 fully saturated rings. The molecule has 0 bridgehead atoms. The highest BCUT2D eigenvalue weighted by atomic mass is 32.1. The smallest absolute Gasteiger partial charge is 0.282 e. The van der Waals surface area contributed by atoms with Crippen molar-refractivity contribution in [1.29, 1.82) is 0 Å². The summed E-state index contributed by atoms with van der Waals surface area (Å²) in [5, 5.41) is 15.8. The first kappa shape index (κ1) is 14.4. The summed E-state index contributed by atoms with van der Waals surface area (Å²) in [5.74, 6) is 0.819. The molecule has 8 nitrogen and oxygen atoms in total. The van der Waals surface area contributed by atoms with E-state index in [-0.39, 0.29) is 12.5 Å². The third-order valence-corrected chi connectivity index (χ3v) is 4.32. The second-order valence-corrected chi connectivity index (χ2v) is 5.91. The van der Waals surface area contributed by atoms with E-state index in [1.807, 2.05) is 24.3 Å². The van der Waals surface area contributed by atoms with E-state index in [9.17, 15) is 10.1 Å². The number of nitrogens with one attached hydrogen (secondary N) is 1. The summed E-state index contributed by atoms with van der Waals surface area (Å²) in [6.45, 7) is 0.0526. The first-order valence-corrected chi connectivity index (χ1v) is 7.75. The summed E-state index contributed by atoms with van der Waals surface area (Å²) in [6.07, 6.45) is 1.37. The number of hydrogen-bond acceptors (Lipinski definition) is 8. The number of anilines is 1. The molecule has 4 rings (SSSR count). The molecule has 0 spiro atoms. The van der Waals surface area contributed by atoms with E-state index in [0.29, 0.717) is 22.2 Å². The highest BCUT2D eigenvalue weighted by Gasteiger charge is 2.22. The fraction of sp³-hybridized carbons (Fsp3) is 0.0667. The third kappa shape index (κ3) is 2.61. The second-order valence-electron chi connectivity index (χ2n) is 4.88. The fourth-order valence-electron chi connectivity index (χ4n) is 2.29. The average Bonchev–Trinajstić information content (AvgIpc) is 3.19. The molecule has 0 saturated carbocycles. The first-order valence-electron chi connectivity index (χ1n) is 6.93. The van der Waals surface area contributed by atoms with Gasteiger partial charge in [-0.3, -0.25) is 15.5 Å². The molecular formula is C15H10N4O4S. The number of fused-ring (bicyclic) bond motifs is 2. The first-order chi connectivity index (χ1) is 11.7. The summed E-state index contributed by atoms with van der Waals surface area (Å²) in [7, 11) is 0. The summed E-state index contributed by atoms with van der Waals surface area (Å²) in [5.41, 5.74) is 3.88. The maximum absolute atomic E-state index is 11.2. The molecule has 0 amide bonds. The average molecular weight is 342 g/mol. The Labute approximate surface area is 139 Å². The predicted octanol–water partition coefficient (Wildman–Crippen LogP) is 3.38. The summed E-state index contributed by atoms with van der Waals surface area (Å²) in [6, 6.07) is 10.6. The Morgan fingerprint density at radius 3 is 2.88 bits per heavy atom. The van der Waals surface area contributed by atoms with E-state index in [1.54, 1.807) is 0 Å². The van der Waals surface area contributed by atoms with Gasteiger partial charge < -0.3 is 9.47 Å². The predicted molar refractivity (Wildman–Crippen MR) is 90.1 cm³/mol. The number of para-hydroxylation sites is 1. The van der Waals surface area contributed by atoms with Crippen molar-refractivity contribution in [3.63, 3.8) is 0 Å². The van der Waals surface area contributed by atoms with Gasteiger partial charge in [0.05, 0.1) is 33.0 Å². The molecule has 3 aromatic rings. The van der Waals surface area contributed by atoms with E-state index >= 15 is 0 Å². The molecule has 1 aliphatic rings. The fourth-order valence-corrected chi connectivity index (χ4v) is 3.10. The Hall–Kier alpha value is -3.20. The van der Waals surface area contributed by atoms with Gasteiger partial charge in [0.15, 0.2) is 11.5 Å². The number of hydrazone groups is 1. The lowest BCUT2D eigenvalue weighted by molar-refractivity contribution is -0.385. The molecule has 2 heterocycles. The monoisotopic (exact) mass is 342 g/mol. The molecule has 1 aromatic heterocycles. The molecule has 2 aromatic carbocycles. The van der Waals surface area contributed by atoms with Crippen molar-refractivity contribution in [2.45, 2.75) is 0 Å². The minimum absolute atomic E-state index is 0.0526. The van der Waals surface area contributed by atoms with E-state index in [4.69, 9.17) is 9.47 Å². The zero-order valence-corrected chi connectivity index (χ0v) is 12.9. The van der Waals surface area contributed by atoms with Crippen LogP contribution in [-0.2, 0) is 0 Å². The maximum Gasteiger partial charge on any atom is 0.282 e. The number of thiazole rings is 1. The van der Waals surface area contributed by atoms with Crippen LogP contribution in [0.15, 0.2) is 41.5 Å². The number of rotatable bonds is 4. The van der Waals surface area contributed by atoms with Crippen molar-refractivity contribution in [2.24, 2.45) is 5.10 Å². The summed E-state index contributed by atoms with van der Waals surface area (Å²) < 4.78 is 11.4. The molecule has 24 heavy (non-hydrogen) atoms. The maximum atomic E-state index is 11.2. The standard InChI is InChI=1S/C15H10N4O4S/c20-19(21)11-6-13-12(22-8-23-13)5-9(11)7-16-18-15-17-10-3-1-2-4-14(10)24-15/h1-7H,8H2,(H,17,18)/b16-7+. The van der Waals surface area contributed by atoms with Crippen LogP contribution in [0, 0.1) is 10.1 Å². The lowest BCUT2D eigenvalue weighted by Gasteiger charge is -2.00. The minimum Gasteiger partial charge on any atom is -0.454 e. The zero-order valence-electron chi connectivity index (χ0n) is 12.1. The normalized spacial score (nSPS) is 12.8. The van der Waals surface area contributed by atoms with Crippen LogP contribution in [0.1, 0.15) is 5.56 Å². The van der Waals surface area contributed by atoms with Crippen molar-refractivity contribution >= 4 is 38.6 Å². The molecule has 1 aliphatic heterocycles. The Morgan fingerprint density at radius 1 is 1.29 bits per heavy atom. The van der Waals surface area contributed by atoms with Gasteiger partial charge in [-0.05, 0) is 18.2 Å². The molecule has 0 aliphatic carbocycles. The zero-order chi connectivity index (χ0) is 16.5. The topological polar surface area (TPSA) is 98.9 Å². The van der Waals surface area contributed by atoms with Crippen LogP contribution in [-0.4, -0.2) is 22.9 Å². The van der Waals surface area contributed by atoms with Crippen LogP contribution in [0.25, 0.3) is 10.2 Å². The van der Waals surface area contributed by atoms with Gasteiger partial charge in [-0.15, -0.1) is 0 Å². The van der Waals surface area contributed by atoms with Crippen LogP contribution < -0.4 is 14.9 Å². The molecular weight excluding hydrogens is 332 g/mol. The van der Waals surface area contributed by atoms with E-state index < -0.39 is 4.92 Å². The summed E-state index contributed by atoms with van der Waals surface area (Å²) in [4.78, 5) is 15.1. The van der Waals surface area contributed by atoms with Gasteiger partial charge in [-0.25, -0.2) is 4.98 Å². The van der Waals surface area contributed by atoms with Crippen LogP contribution in [0.5, 0.6) is 11.5 Å². The number of ether oxygens (including phenoxy) is 2. The number of nitrogens with zero attached hydrogens (tertiary/aromatic N) is 3. The lowest BCUT2D eigenvalue weighted by Crippen LogP contribution is -1.96. The molecule has 120 valence electrons. The van der Waals surface area contributed by atoms with E-state index in [1.165, 1.54) is 29.7 Å². The van der Waals surface area contributed by atoms with E-state index in [2.05, 4.69) is 15.5 Å². The number of aromatic nitrogens is 1. The van der Waals surface area contributed by atoms with Gasteiger partial charge in [0.2, 0.25) is 11.9 Å². The molecule has 0 radical (unpaired) electrons. The van der Waals surface area contributed by atoms with Gasteiger partial charge in [0, 0.05) is 0 Å². The molecule has 0 saturated heterocycles. The van der Waals surface area contributed by atoms with Gasteiger partial charge in [0.25, 0.3) is 5.69 Å². The Balaban J connectivity index is 1.60. The number of nitro benzene ring substituents is 1. The molecule has 0 unspecified atom stereocenters. The quantitative estimate of drug-likeness (QED) is 0.443. The van der Waals surface area contributed by atoms with Crippen molar-refractivity contribution in [3.8, 4) is 11.5 Å². The SMILES string of the molecule is O=[N+]([O-])c1cc2c(cc1/C=N/Nc1nc3ccccc3s1)OCO2. The van der Waals surface area contributed by atoms with Crippen LogP contribution in [0.3, 0.4) is 0 Å². The van der Waals surface area contributed by atoms with Crippen molar-refractivity contribution < 1.29 is 14.4 Å². The molecule has 0 atom stereocenters.